The van der Waals surface area contributed by atoms with E-state index >= 15 is 0 Å². The Kier molecular flexibility index (Phi) is 5.93. The van der Waals surface area contributed by atoms with Gasteiger partial charge in [-0.05, 0) is 32.9 Å². The van der Waals surface area contributed by atoms with Crippen molar-refractivity contribution in [1.29, 1.82) is 0 Å². The normalized spacial score (nSPS) is 11.8. The van der Waals surface area contributed by atoms with Gasteiger partial charge in [-0.2, -0.15) is 0 Å². The lowest BCUT2D eigenvalue weighted by atomic mass is 10.4. The maximum atomic E-state index is 12.7. The molecule has 0 aliphatic carbocycles. The molecule has 0 saturated heterocycles. The number of hydrogen-bond donors (Lipinski definition) is 0. The molecule has 0 bridgehead atoms. The summed E-state index contributed by atoms with van der Waals surface area (Å²) in [4.78, 5) is 16.0. The first-order valence-electron chi connectivity index (χ1n) is 7.55. The Balaban J connectivity index is 2.37. The molecular weight excluding hydrogens is 319 g/mol. The molecule has 0 aliphatic heterocycles. The van der Waals surface area contributed by atoms with E-state index < -0.39 is 13.6 Å². The first kappa shape index (κ1) is 17.7. The molecule has 0 amide bonds. The predicted molar refractivity (Wildman–Crippen MR) is 85.7 cm³/mol. The van der Waals surface area contributed by atoms with Gasteiger partial charge in [-0.3, -0.25) is 4.57 Å². The zero-order valence-electron chi connectivity index (χ0n) is 13.5. The van der Waals surface area contributed by atoms with Crippen molar-refractivity contribution in [3.8, 4) is 0 Å². The highest BCUT2D eigenvalue weighted by Crippen LogP contribution is 2.51. The fraction of sp³-hybridized carbons (Fsp3) is 0.467. The molecule has 2 aromatic heterocycles. The average molecular weight is 340 g/mol. The van der Waals surface area contributed by atoms with Gasteiger partial charge in [-0.25, -0.2) is 9.78 Å². The van der Waals surface area contributed by atoms with Crippen LogP contribution >= 0.6 is 7.60 Å². The Morgan fingerprint density at radius 1 is 1.17 bits per heavy atom. The number of pyridine rings is 1. The number of ether oxygens (including phenoxy) is 1. The number of esters is 1. The van der Waals surface area contributed by atoms with Crippen LogP contribution in [-0.2, 0) is 24.5 Å². The molecule has 0 N–H and O–H groups in total. The Hall–Kier alpha value is -1.69. The van der Waals surface area contributed by atoms with Gasteiger partial charge in [0.05, 0.1) is 26.0 Å². The van der Waals surface area contributed by atoms with Crippen molar-refractivity contribution in [2.45, 2.75) is 26.9 Å². The Morgan fingerprint density at radius 3 is 2.48 bits per heavy atom. The summed E-state index contributed by atoms with van der Waals surface area (Å²) in [5.74, 6) is -0.486. The molecular formula is C15H21N2O5P. The third-order valence-electron chi connectivity index (χ3n) is 3.07. The summed E-state index contributed by atoms with van der Waals surface area (Å²) in [5, 5.41) is 0. The van der Waals surface area contributed by atoms with Crippen LogP contribution in [0.1, 0.15) is 37.0 Å². The fourth-order valence-corrected chi connectivity index (χ4v) is 3.92. The van der Waals surface area contributed by atoms with Crippen molar-refractivity contribution in [2.75, 3.05) is 19.8 Å². The number of fused-ring (bicyclic) bond motifs is 1. The number of imidazole rings is 1. The molecule has 0 unspecified atom stereocenters. The van der Waals surface area contributed by atoms with Gasteiger partial charge in [-0.1, -0.05) is 6.07 Å². The van der Waals surface area contributed by atoms with E-state index in [2.05, 4.69) is 4.98 Å². The van der Waals surface area contributed by atoms with Crippen LogP contribution in [0, 0.1) is 0 Å². The van der Waals surface area contributed by atoms with Gasteiger partial charge < -0.3 is 18.2 Å². The molecule has 2 heterocycles. The summed E-state index contributed by atoms with van der Waals surface area (Å²) >= 11 is 0. The van der Waals surface area contributed by atoms with E-state index in [1.165, 1.54) is 0 Å². The maximum absolute atomic E-state index is 12.7. The molecule has 2 rings (SSSR count). The van der Waals surface area contributed by atoms with E-state index in [1.54, 1.807) is 49.6 Å². The van der Waals surface area contributed by atoms with E-state index in [4.69, 9.17) is 13.8 Å². The second-order valence-corrected chi connectivity index (χ2v) is 6.75. The zero-order chi connectivity index (χ0) is 16.9. The topological polar surface area (TPSA) is 79.1 Å². The van der Waals surface area contributed by atoms with Gasteiger partial charge in [0.15, 0.2) is 5.69 Å². The van der Waals surface area contributed by atoms with Crippen LogP contribution in [0.3, 0.4) is 0 Å². The third kappa shape index (κ3) is 4.19. The minimum atomic E-state index is -3.24. The lowest BCUT2D eigenvalue weighted by molar-refractivity contribution is 0.0520. The fourth-order valence-electron chi connectivity index (χ4n) is 2.22. The van der Waals surface area contributed by atoms with Gasteiger partial charge >= 0.3 is 13.6 Å². The first-order chi connectivity index (χ1) is 11.0. The van der Waals surface area contributed by atoms with E-state index in [1.807, 2.05) is 0 Å². The zero-order valence-corrected chi connectivity index (χ0v) is 14.4. The SMILES string of the molecule is CCOC(=O)c1cn2c(CP(=O)(OCC)OCC)cccc2n1. The molecule has 7 nitrogen and oxygen atoms in total. The maximum Gasteiger partial charge on any atom is 0.358 e. The molecule has 0 fully saturated rings. The average Bonchev–Trinajstić information content (AvgIpc) is 2.93. The highest BCUT2D eigenvalue weighted by atomic mass is 31.2. The second kappa shape index (κ2) is 7.73. The number of aromatic nitrogens is 2. The van der Waals surface area contributed by atoms with Crippen LogP contribution in [0.4, 0.5) is 0 Å². The molecule has 0 spiro atoms. The van der Waals surface area contributed by atoms with Crippen LogP contribution in [0.5, 0.6) is 0 Å². The standard InChI is InChI=1S/C15H21N2O5P/c1-4-20-15(18)13-10-17-12(8-7-9-14(17)16-13)11-23(19,21-5-2)22-6-3/h7-10H,4-6,11H2,1-3H3. The summed E-state index contributed by atoms with van der Waals surface area (Å²) in [6.07, 6.45) is 1.68. The number of rotatable bonds is 8. The summed E-state index contributed by atoms with van der Waals surface area (Å²) < 4.78 is 30.0. The molecule has 23 heavy (non-hydrogen) atoms. The molecule has 8 heteroatoms. The van der Waals surface area contributed by atoms with Crippen molar-refractivity contribution in [3.63, 3.8) is 0 Å². The highest BCUT2D eigenvalue weighted by Gasteiger charge is 2.26. The van der Waals surface area contributed by atoms with Gasteiger partial charge in [0.2, 0.25) is 0 Å². The molecule has 0 saturated carbocycles. The Morgan fingerprint density at radius 2 is 1.87 bits per heavy atom. The van der Waals surface area contributed by atoms with Crippen LogP contribution in [0.2, 0.25) is 0 Å². The van der Waals surface area contributed by atoms with Crippen molar-refractivity contribution in [1.82, 2.24) is 9.38 Å². The minimum absolute atomic E-state index is 0.102. The van der Waals surface area contributed by atoms with Crippen molar-refractivity contribution in [2.24, 2.45) is 0 Å². The quantitative estimate of drug-likeness (QED) is 0.542. The van der Waals surface area contributed by atoms with E-state index in [0.717, 1.165) is 0 Å². The molecule has 2 aromatic rings. The molecule has 126 valence electrons. The van der Waals surface area contributed by atoms with Crippen molar-refractivity contribution < 1.29 is 23.1 Å². The van der Waals surface area contributed by atoms with E-state index in [-0.39, 0.29) is 18.5 Å². The van der Waals surface area contributed by atoms with Gasteiger partial charge in [0, 0.05) is 11.9 Å². The summed E-state index contributed by atoms with van der Waals surface area (Å²) in [5.41, 5.74) is 1.47. The minimum Gasteiger partial charge on any atom is -0.461 e. The van der Waals surface area contributed by atoms with E-state index in [9.17, 15) is 9.36 Å². The second-order valence-electron chi connectivity index (χ2n) is 4.70. The third-order valence-corrected chi connectivity index (χ3v) is 5.08. The predicted octanol–water partition coefficient (Wildman–Crippen LogP) is 3.28. The van der Waals surface area contributed by atoms with Crippen molar-refractivity contribution in [3.05, 3.63) is 35.8 Å². The molecule has 0 aromatic carbocycles. The first-order valence-corrected chi connectivity index (χ1v) is 9.28. The monoisotopic (exact) mass is 340 g/mol. The number of nitrogens with zero attached hydrogens (tertiary/aromatic N) is 2. The molecule has 0 radical (unpaired) electrons. The number of hydrogen-bond acceptors (Lipinski definition) is 6. The summed E-state index contributed by atoms with van der Waals surface area (Å²) in [7, 11) is -3.24. The van der Waals surface area contributed by atoms with Crippen LogP contribution in [-0.4, -0.2) is 35.2 Å². The van der Waals surface area contributed by atoms with Crippen LogP contribution in [0.15, 0.2) is 24.4 Å². The Bertz CT molecular complexity index is 718. The summed E-state index contributed by atoms with van der Waals surface area (Å²) in [6, 6.07) is 5.35. The molecule has 0 atom stereocenters. The summed E-state index contributed by atoms with van der Waals surface area (Å²) in [6.45, 7) is 6.14. The number of carbonyl (C=O) groups excluding carboxylic acids is 1. The largest absolute Gasteiger partial charge is 0.461 e. The van der Waals surface area contributed by atoms with Gasteiger partial charge in [0.25, 0.3) is 0 Å². The Labute approximate surface area is 135 Å². The number of carbonyl (C=O) groups is 1. The molecule has 0 aliphatic rings. The lowest BCUT2D eigenvalue weighted by Gasteiger charge is -2.17. The van der Waals surface area contributed by atoms with Crippen LogP contribution in [0.25, 0.3) is 5.65 Å². The smallest absolute Gasteiger partial charge is 0.358 e. The van der Waals surface area contributed by atoms with Crippen molar-refractivity contribution >= 4 is 19.2 Å². The highest BCUT2D eigenvalue weighted by molar-refractivity contribution is 7.53. The lowest BCUT2D eigenvalue weighted by Crippen LogP contribution is -2.04. The van der Waals surface area contributed by atoms with Gasteiger partial charge in [0.1, 0.15) is 5.65 Å². The van der Waals surface area contributed by atoms with E-state index in [0.29, 0.717) is 24.6 Å². The van der Waals surface area contributed by atoms with Crippen LogP contribution < -0.4 is 0 Å². The van der Waals surface area contributed by atoms with Gasteiger partial charge in [-0.15, -0.1) is 0 Å².